The van der Waals surface area contributed by atoms with Crippen LogP contribution >= 0.6 is 0 Å². The highest BCUT2D eigenvalue weighted by Crippen LogP contribution is 2.12. The number of hydrogen-bond acceptors (Lipinski definition) is 4. The lowest BCUT2D eigenvalue weighted by Crippen LogP contribution is -3.00. The maximum Gasteiger partial charge on any atom is 0.305 e. The smallest absolute Gasteiger partial charge is 0.305 e. The first-order valence-corrected chi connectivity index (χ1v) is 17.1. The third-order valence-electron chi connectivity index (χ3n) is 8.17. The van der Waals surface area contributed by atoms with Crippen molar-refractivity contribution >= 4 is 11.9 Å². The molecule has 254 valence electrons. The van der Waals surface area contributed by atoms with E-state index < -0.39 is 0 Å². The van der Waals surface area contributed by atoms with Gasteiger partial charge in [0.2, 0.25) is 0 Å². The molecule has 0 saturated carbocycles. The fourth-order valence-electron chi connectivity index (χ4n) is 5.07. The third kappa shape index (κ3) is 32.7. The van der Waals surface area contributed by atoms with E-state index in [4.69, 9.17) is 9.47 Å². The summed E-state index contributed by atoms with van der Waals surface area (Å²) in [6.45, 7) is 9.42. The molecule has 0 aromatic heterocycles. The van der Waals surface area contributed by atoms with Gasteiger partial charge in [-0.3, -0.25) is 9.59 Å². The minimum Gasteiger partial charge on any atom is -1.00 e. The molecule has 0 heterocycles. The minimum absolute atomic E-state index is 0. The first kappa shape index (κ1) is 46.2. The fraction of sp³-hybridized carbons (Fsp3) is 0.941. The Hall–Kier alpha value is -0.180. The molecule has 0 spiro atoms. The van der Waals surface area contributed by atoms with Crippen molar-refractivity contribution in [1.29, 1.82) is 0 Å². The van der Waals surface area contributed by atoms with E-state index >= 15 is 0 Å². The van der Waals surface area contributed by atoms with Crippen molar-refractivity contribution in [2.45, 2.75) is 142 Å². The number of likely N-dealkylation sites (N-methyl/N-ethyl adjacent to an activating group) is 2. The third-order valence-corrected chi connectivity index (χ3v) is 8.17. The molecule has 0 aliphatic heterocycles. The second kappa shape index (κ2) is 30.8. The van der Waals surface area contributed by atoms with E-state index in [0.29, 0.717) is 38.9 Å². The zero-order chi connectivity index (χ0) is 30.0. The van der Waals surface area contributed by atoms with Crippen LogP contribution in [0.2, 0.25) is 0 Å². The van der Waals surface area contributed by atoms with Crippen molar-refractivity contribution in [3.05, 3.63) is 0 Å². The predicted molar refractivity (Wildman–Crippen MR) is 169 cm³/mol. The van der Waals surface area contributed by atoms with E-state index in [1.54, 1.807) is 0 Å². The second-order valence-corrected chi connectivity index (χ2v) is 13.4. The number of rotatable bonds is 29. The Kier molecular flexibility index (Phi) is 33.9. The first-order chi connectivity index (χ1) is 19.1. The maximum absolute atomic E-state index is 12.1. The average molecular weight is 731 g/mol. The van der Waals surface area contributed by atoms with Crippen LogP contribution in [0.1, 0.15) is 142 Å². The summed E-state index contributed by atoms with van der Waals surface area (Å²) >= 11 is 0. The standard InChI is InChI=1S/C34H70N2O4.2BrH/c1-7-9-11-13-15-17-19-23-27-35(3,4)29-31-39-33(37)25-21-22-26-34(38)40-32-30-36(5,6)28-24-20-18-16-14-12-10-8-2;;/h7-32H2,1-6H3;2*1H/q+2;;/p-2. The van der Waals surface area contributed by atoms with Gasteiger partial charge in [-0.25, -0.2) is 0 Å². The number of halogens is 2. The largest absolute Gasteiger partial charge is 1.00 e. The zero-order valence-electron chi connectivity index (χ0n) is 28.7. The van der Waals surface area contributed by atoms with Crippen LogP contribution in [0.4, 0.5) is 0 Å². The van der Waals surface area contributed by atoms with Crippen LogP contribution in [0.5, 0.6) is 0 Å². The summed E-state index contributed by atoms with van der Waals surface area (Å²) in [5, 5.41) is 0. The van der Waals surface area contributed by atoms with Crippen molar-refractivity contribution in [3.63, 3.8) is 0 Å². The number of carbonyl (C=O) groups is 2. The number of esters is 2. The molecule has 0 atom stereocenters. The van der Waals surface area contributed by atoms with Gasteiger partial charge in [0.15, 0.2) is 0 Å². The molecular weight excluding hydrogens is 660 g/mol. The summed E-state index contributed by atoms with van der Waals surface area (Å²) in [5.74, 6) is -0.305. The summed E-state index contributed by atoms with van der Waals surface area (Å²) in [7, 11) is 8.88. The highest BCUT2D eigenvalue weighted by atomic mass is 79.9. The van der Waals surface area contributed by atoms with Crippen LogP contribution < -0.4 is 34.0 Å². The predicted octanol–water partition coefficient (Wildman–Crippen LogP) is 2.08. The molecule has 0 aromatic rings. The zero-order valence-corrected chi connectivity index (χ0v) is 31.8. The second-order valence-electron chi connectivity index (χ2n) is 13.4. The minimum atomic E-state index is -0.152. The number of hydrogen-bond donors (Lipinski definition) is 0. The van der Waals surface area contributed by atoms with Gasteiger partial charge in [-0.05, 0) is 38.5 Å². The van der Waals surface area contributed by atoms with E-state index in [1.165, 1.54) is 103 Å². The molecule has 0 aliphatic carbocycles. The molecule has 0 aromatic carbocycles. The number of ether oxygens (including phenoxy) is 2. The fourth-order valence-corrected chi connectivity index (χ4v) is 5.07. The van der Waals surface area contributed by atoms with E-state index in [9.17, 15) is 9.59 Å². The van der Waals surface area contributed by atoms with E-state index in [2.05, 4.69) is 42.0 Å². The van der Waals surface area contributed by atoms with Crippen LogP contribution in [0.25, 0.3) is 0 Å². The lowest BCUT2D eigenvalue weighted by molar-refractivity contribution is -0.890. The lowest BCUT2D eigenvalue weighted by atomic mass is 10.1. The van der Waals surface area contributed by atoms with Gasteiger partial charge in [0.1, 0.15) is 26.3 Å². The van der Waals surface area contributed by atoms with Crippen molar-refractivity contribution in [2.75, 3.05) is 67.6 Å². The molecule has 0 saturated heterocycles. The number of nitrogens with zero attached hydrogens (tertiary/aromatic N) is 2. The topological polar surface area (TPSA) is 52.6 Å². The molecule has 0 aliphatic rings. The van der Waals surface area contributed by atoms with Crippen LogP contribution in [-0.2, 0) is 19.1 Å². The van der Waals surface area contributed by atoms with Gasteiger partial charge in [0.05, 0.1) is 41.3 Å². The average Bonchev–Trinajstić information content (AvgIpc) is 2.89. The van der Waals surface area contributed by atoms with Crippen LogP contribution in [0.3, 0.4) is 0 Å². The van der Waals surface area contributed by atoms with Crippen molar-refractivity contribution in [1.82, 2.24) is 0 Å². The monoisotopic (exact) mass is 728 g/mol. The maximum atomic E-state index is 12.1. The summed E-state index contributed by atoms with van der Waals surface area (Å²) in [6.07, 6.45) is 23.4. The molecule has 0 bridgehead atoms. The number of unbranched alkanes of at least 4 members (excludes halogenated alkanes) is 15. The van der Waals surface area contributed by atoms with E-state index in [1.807, 2.05) is 0 Å². The Morgan fingerprint density at radius 1 is 0.429 bits per heavy atom. The highest BCUT2D eigenvalue weighted by Gasteiger charge is 2.17. The number of carbonyl (C=O) groups excluding carboxylic acids is 2. The molecule has 42 heavy (non-hydrogen) atoms. The van der Waals surface area contributed by atoms with Crippen molar-refractivity contribution < 1.29 is 62.0 Å². The van der Waals surface area contributed by atoms with Crippen molar-refractivity contribution in [3.8, 4) is 0 Å². The van der Waals surface area contributed by atoms with Gasteiger partial charge >= 0.3 is 11.9 Å². The normalized spacial score (nSPS) is 11.5. The summed E-state index contributed by atoms with van der Waals surface area (Å²) in [5.41, 5.74) is 0. The highest BCUT2D eigenvalue weighted by molar-refractivity contribution is 5.70. The molecule has 0 radical (unpaired) electrons. The molecule has 0 N–H and O–H groups in total. The Morgan fingerprint density at radius 3 is 1.02 bits per heavy atom. The molecule has 6 nitrogen and oxygen atoms in total. The molecule has 0 amide bonds. The lowest BCUT2D eigenvalue weighted by Gasteiger charge is -2.29. The van der Waals surface area contributed by atoms with Gasteiger partial charge in [0, 0.05) is 12.8 Å². The Labute approximate surface area is 282 Å². The Balaban J connectivity index is -0.00000760. The summed E-state index contributed by atoms with van der Waals surface area (Å²) in [6, 6.07) is 0. The van der Waals surface area contributed by atoms with Crippen molar-refractivity contribution in [2.24, 2.45) is 0 Å². The van der Waals surface area contributed by atoms with Gasteiger partial charge < -0.3 is 52.4 Å². The van der Waals surface area contributed by atoms with E-state index in [0.717, 1.165) is 35.1 Å². The summed E-state index contributed by atoms with van der Waals surface area (Å²) < 4.78 is 12.7. The quantitative estimate of drug-likeness (QED) is 0.0673. The SMILES string of the molecule is CCCCCCCCCC[N+](C)(C)CCOC(=O)CCCCC(=O)OCC[N+](C)(C)CCCCCCCCCC.[Br-].[Br-]. The van der Waals surface area contributed by atoms with Gasteiger partial charge in [-0.2, -0.15) is 0 Å². The summed E-state index contributed by atoms with van der Waals surface area (Å²) in [4.78, 5) is 24.2. The van der Waals surface area contributed by atoms with Crippen LogP contribution in [0, 0.1) is 0 Å². The molecule has 0 unspecified atom stereocenters. The Bertz CT molecular complexity index is 566. The van der Waals surface area contributed by atoms with Gasteiger partial charge in [-0.1, -0.05) is 90.9 Å². The van der Waals surface area contributed by atoms with E-state index in [-0.39, 0.29) is 45.9 Å². The van der Waals surface area contributed by atoms with Crippen LogP contribution in [0.15, 0.2) is 0 Å². The van der Waals surface area contributed by atoms with Gasteiger partial charge in [-0.15, -0.1) is 0 Å². The molecule has 8 heteroatoms. The number of quaternary nitrogens is 2. The molecule has 0 fully saturated rings. The molecular formula is C34H70Br2N2O4. The van der Waals surface area contributed by atoms with Gasteiger partial charge in [0.25, 0.3) is 0 Å². The Morgan fingerprint density at radius 2 is 0.714 bits per heavy atom. The first-order valence-electron chi connectivity index (χ1n) is 17.1. The molecule has 0 rings (SSSR count). The van der Waals surface area contributed by atoms with Crippen LogP contribution in [-0.4, -0.2) is 88.5 Å².